The van der Waals surface area contributed by atoms with E-state index >= 15 is 0 Å². The highest BCUT2D eigenvalue weighted by Gasteiger charge is 2.41. The van der Waals surface area contributed by atoms with Crippen molar-refractivity contribution in [2.75, 3.05) is 19.0 Å². The predicted octanol–water partition coefficient (Wildman–Crippen LogP) is 5.50. The molecule has 0 bridgehead atoms. The van der Waals surface area contributed by atoms with Crippen LogP contribution < -0.4 is 15.4 Å². The zero-order valence-electron chi connectivity index (χ0n) is 22.5. The van der Waals surface area contributed by atoms with Crippen molar-refractivity contribution in [2.24, 2.45) is 11.8 Å². The zero-order chi connectivity index (χ0) is 28.6. The minimum Gasteiger partial charge on any atom is -0.496 e. The third kappa shape index (κ3) is 7.75. The highest BCUT2D eigenvalue weighted by Crippen LogP contribution is 2.39. The maximum Gasteiger partial charge on any atom is 0.335 e. The van der Waals surface area contributed by atoms with E-state index in [0.717, 1.165) is 25.2 Å². The summed E-state index contributed by atoms with van der Waals surface area (Å²) >= 11 is 5.95. The molecule has 13 heteroatoms. The fourth-order valence-electron chi connectivity index (χ4n) is 5.24. The Labute approximate surface area is 236 Å². The summed E-state index contributed by atoms with van der Waals surface area (Å²) in [5.74, 6) is -1.16. The number of hydrogen-bond acceptors (Lipinski definition) is 7. The number of aryl methyl sites for hydroxylation is 1. The van der Waals surface area contributed by atoms with Gasteiger partial charge in [0.1, 0.15) is 11.6 Å². The van der Waals surface area contributed by atoms with Gasteiger partial charge in [-0.05, 0) is 44.4 Å². The zero-order valence-corrected chi connectivity index (χ0v) is 24.0. The molecular weight excluding hydrogens is 552 g/mol. The van der Waals surface area contributed by atoms with E-state index in [1.54, 1.807) is 10.7 Å². The standard InChI is InChI=1S/C26H36ClF2N5O2.O2S/c1-4-34-24(22(27)23(33-34)25(35)31-14-17-10-8-16(2)9-11-17)18-15-30-21(13-19(18)36-3)32-20-7-5-6-12-26(20,28)29;1-3-2/h13,15-17,20H,4-12,14H2,1-3H3,(H,30,32)(H,31,35);/t16?,17?,20-;/m0./s1. The molecule has 0 saturated heterocycles. The van der Waals surface area contributed by atoms with Crippen molar-refractivity contribution in [3.05, 3.63) is 23.0 Å². The smallest absolute Gasteiger partial charge is 0.335 e. The fraction of sp³-hybridized carbons (Fsp3) is 0.654. The molecule has 2 heterocycles. The summed E-state index contributed by atoms with van der Waals surface area (Å²) in [5.41, 5.74) is 1.21. The van der Waals surface area contributed by atoms with Crippen LogP contribution in [0.15, 0.2) is 12.3 Å². The number of nitrogens with zero attached hydrogens (tertiary/aromatic N) is 3. The van der Waals surface area contributed by atoms with Crippen molar-refractivity contribution in [1.82, 2.24) is 20.1 Å². The number of rotatable bonds is 8. The first-order chi connectivity index (χ1) is 18.6. The first-order valence-electron chi connectivity index (χ1n) is 13.3. The molecule has 4 rings (SSSR count). The Bertz CT molecular complexity index is 1170. The van der Waals surface area contributed by atoms with Gasteiger partial charge in [0.2, 0.25) is 0 Å². The molecule has 9 nitrogen and oxygen atoms in total. The molecule has 216 valence electrons. The van der Waals surface area contributed by atoms with Gasteiger partial charge in [-0.2, -0.15) is 13.5 Å². The Kier molecular flexibility index (Phi) is 11.2. The normalized spacial score (nSPS) is 22.3. The number of halogens is 3. The highest BCUT2D eigenvalue weighted by atomic mass is 35.5. The summed E-state index contributed by atoms with van der Waals surface area (Å²) < 4.78 is 52.4. The Balaban J connectivity index is 0.00000134. The molecule has 2 saturated carbocycles. The number of hydrogen-bond donors (Lipinski definition) is 2. The summed E-state index contributed by atoms with van der Waals surface area (Å²) in [4.78, 5) is 17.3. The molecule has 1 atom stereocenters. The lowest BCUT2D eigenvalue weighted by molar-refractivity contribution is -0.0449. The molecule has 0 aromatic carbocycles. The number of aromatic nitrogens is 3. The van der Waals surface area contributed by atoms with Crippen molar-refractivity contribution in [3.63, 3.8) is 0 Å². The van der Waals surface area contributed by atoms with Crippen LogP contribution in [-0.4, -0.2) is 54.7 Å². The predicted molar refractivity (Wildman–Crippen MR) is 146 cm³/mol. The number of ether oxygens (including phenoxy) is 1. The van der Waals surface area contributed by atoms with Gasteiger partial charge < -0.3 is 15.4 Å². The summed E-state index contributed by atoms with van der Waals surface area (Å²) in [5, 5.41) is 10.6. The van der Waals surface area contributed by atoms with Gasteiger partial charge in [0.15, 0.2) is 5.69 Å². The maximum atomic E-state index is 14.3. The number of amides is 1. The van der Waals surface area contributed by atoms with E-state index in [9.17, 15) is 13.6 Å². The average molecular weight is 588 g/mol. The molecule has 2 aromatic rings. The van der Waals surface area contributed by atoms with Crippen LogP contribution in [0, 0.1) is 11.8 Å². The number of alkyl halides is 2. The van der Waals surface area contributed by atoms with Crippen molar-refractivity contribution in [3.8, 4) is 17.0 Å². The van der Waals surface area contributed by atoms with Crippen LogP contribution in [0.3, 0.4) is 0 Å². The number of anilines is 1. The van der Waals surface area contributed by atoms with E-state index in [0.29, 0.717) is 54.7 Å². The number of carbonyl (C=O) groups is 1. The van der Waals surface area contributed by atoms with E-state index in [1.807, 2.05) is 6.92 Å². The van der Waals surface area contributed by atoms with Crippen LogP contribution in [-0.2, 0) is 18.1 Å². The van der Waals surface area contributed by atoms with Gasteiger partial charge in [-0.1, -0.05) is 37.8 Å². The van der Waals surface area contributed by atoms with Crippen molar-refractivity contribution in [2.45, 2.75) is 83.7 Å². The lowest BCUT2D eigenvalue weighted by Crippen LogP contribution is -2.42. The van der Waals surface area contributed by atoms with E-state index in [-0.39, 0.29) is 23.0 Å². The largest absolute Gasteiger partial charge is 0.496 e. The fourth-order valence-corrected chi connectivity index (χ4v) is 5.56. The van der Waals surface area contributed by atoms with Crippen LogP contribution in [0.1, 0.15) is 75.7 Å². The van der Waals surface area contributed by atoms with E-state index in [1.165, 1.54) is 26.1 Å². The Hall–Kier alpha value is -2.60. The molecule has 2 aromatic heterocycles. The van der Waals surface area contributed by atoms with E-state index in [4.69, 9.17) is 24.8 Å². The Morgan fingerprint density at radius 1 is 1.23 bits per heavy atom. The summed E-state index contributed by atoms with van der Waals surface area (Å²) in [7, 11) is 1.50. The van der Waals surface area contributed by atoms with Gasteiger partial charge in [0.05, 0.1) is 29.4 Å². The van der Waals surface area contributed by atoms with Gasteiger partial charge in [-0.3, -0.25) is 9.48 Å². The number of nitrogens with one attached hydrogen (secondary N) is 2. The SMILES string of the molecule is CCn1nc(C(=O)NCC2CCC(C)CC2)c(Cl)c1-c1cnc(N[C@H]2CCCCC2(F)F)cc1OC.O=S=O. The quantitative estimate of drug-likeness (QED) is 0.419. The molecule has 0 spiro atoms. The third-order valence-electron chi connectivity index (χ3n) is 7.52. The average Bonchev–Trinajstić information content (AvgIpc) is 3.25. The lowest BCUT2D eigenvalue weighted by Gasteiger charge is -2.32. The van der Waals surface area contributed by atoms with Gasteiger partial charge in [-0.25, -0.2) is 13.8 Å². The van der Waals surface area contributed by atoms with Gasteiger partial charge in [0.25, 0.3) is 11.8 Å². The van der Waals surface area contributed by atoms with Crippen LogP contribution in [0.25, 0.3) is 11.3 Å². The summed E-state index contributed by atoms with van der Waals surface area (Å²) in [6, 6.07) is 0.620. The number of pyridine rings is 1. The molecule has 1 amide bonds. The Morgan fingerprint density at radius 2 is 1.92 bits per heavy atom. The Morgan fingerprint density at radius 3 is 2.54 bits per heavy atom. The molecule has 2 aliphatic rings. The minimum atomic E-state index is -2.78. The second-order valence-electron chi connectivity index (χ2n) is 10.2. The highest BCUT2D eigenvalue weighted by molar-refractivity contribution is 7.51. The van der Waals surface area contributed by atoms with Crippen molar-refractivity contribution in [1.29, 1.82) is 0 Å². The van der Waals surface area contributed by atoms with Crippen molar-refractivity contribution >= 4 is 34.9 Å². The van der Waals surface area contributed by atoms with Crippen LogP contribution in [0.2, 0.25) is 5.02 Å². The first-order valence-corrected chi connectivity index (χ1v) is 14.3. The molecule has 2 aliphatic carbocycles. The minimum absolute atomic E-state index is 0.129. The number of carbonyl (C=O) groups excluding carboxylic acids is 1. The second-order valence-corrected chi connectivity index (χ2v) is 10.7. The molecule has 39 heavy (non-hydrogen) atoms. The lowest BCUT2D eigenvalue weighted by atomic mass is 9.83. The summed E-state index contributed by atoms with van der Waals surface area (Å²) in [6.45, 7) is 5.25. The molecule has 0 aliphatic heterocycles. The first kappa shape index (κ1) is 30.9. The van der Waals surface area contributed by atoms with Crippen LogP contribution >= 0.6 is 11.6 Å². The van der Waals surface area contributed by atoms with Crippen LogP contribution in [0.5, 0.6) is 5.75 Å². The van der Waals surface area contributed by atoms with Gasteiger partial charge in [0, 0.05) is 31.8 Å². The number of methoxy groups -OCH3 is 1. The van der Waals surface area contributed by atoms with Crippen molar-refractivity contribution < 1.29 is 26.7 Å². The molecule has 2 fully saturated rings. The van der Waals surface area contributed by atoms with E-state index in [2.05, 4.69) is 27.6 Å². The van der Waals surface area contributed by atoms with Crippen LogP contribution in [0.4, 0.5) is 14.6 Å². The topological polar surface area (TPSA) is 115 Å². The monoisotopic (exact) mass is 587 g/mol. The third-order valence-corrected chi connectivity index (χ3v) is 7.88. The van der Waals surface area contributed by atoms with Gasteiger partial charge in [-0.15, -0.1) is 0 Å². The maximum absolute atomic E-state index is 14.3. The summed E-state index contributed by atoms with van der Waals surface area (Å²) in [6.07, 6.45) is 7.65. The molecule has 0 radical (unpaired) electrons. The van der Waals surface area contributed by atoms with E-state index < -0.39 is 23.5 Å². The molecule has 2 N–H and O–H groups in total. The van der Waals surface area contributed by atoms with Gasteiger partial charge >= 0.3 is 11.6 Å². The second kappa shape index (κ2) is 14.2. The molecule has 0 unspecified atom stereocenters. The molecular formula is C26H36ClF2N5O4S.